The maximum atomic E-state index is 12.1. The Labute approximate surface area is 98.1 Å². The Kier molecular flexibility index (Phi) is 1.97. The molecule has 2 fully saturated rings. The lowest BCUT2D eigenvalue weighted by atomic mass is 9.85. The van der Waals surface area contributed by atoms with Crippen LogP contribution in [0.3, 0.4) is 0 Å². The highest BCUT2D eigenvalue weighted by Crippen LogP contribution is 2.52. The van der Waals surface area contributed by atoms with Gasteiger partial charge in [-0.25, -0.2) is 4.79 Å². The molecule has 0 unspecified atom stereocenters. The van der Waals surface area contributed by atoms with Gasteiger partial charge in [-0.15, -0.1) is 0 Å². The summed E-state index contributed by atoms with van der Waals surface area (Å²) in [5, 5.41) is 8.93. The van der Waals surface area contributed by atoms with E-state index >= 15 is 0 Å². The van der Waals surface area contributed by atoms with Gasteiger partial charge >= 0.3 is 5.97 Å². The van der Waals surface area contributed by atoms with Gasteiger partial charge in [0.05, 0.1) is 11.8 Å². The number of fused-ring (bicyclic) bond motifs is 5. The smallest absolute Gasteiger partial charge is 0.326 e. The largest absolute Gasteiger partial charge is 0.480 e. The molecule has 3 aliphatic rings. The van der Waals surface area contributed by atoms with Gasteiger partial charge in [-0.3, -0.25) is 14.5 Å². The zero-order valence-electron chi connectivity index (χ0n) is 9.37. The Bertz CT molecular complexity index is 425. The average molecular weight is 235 g/mol. The average Bonchev–Trinajstić information content (AvgIpc) is 2.92. The number of imide groups is 1. The van der Waals surface area contributed by atoms with Crippen LogP contribution in [0.1, 0.15) is 13.3 Å². The number of carbonyl (C=O) groups excluding carboxylic acids is 2. The highest BCUT2D eigenvalue weighted by atomic mass is 16.4. The van der Waals surface area contributed by atoms with E-state index in [1.54, 1.807) is 0 Å². The number of amides is 2. The van der Waals surface area contributed by atoms with Crippen LogP contribution in [0.4, 0.5) is 0 Å². The van der Waals surface area contributed by atoms with Gasteiger partial charge in [0.2, 0.25) is 11.8 Å². The molecule has 0 radical (unpaired) electrons. The summed E-state index contributed by atoms with van der Waals surface area (Å²) in [7, 11) is 0. The molecule has 2 amide bonds. The maximum Gasteiger partial charge on any atom is 0.326 e. The Morgan fingerprint density at radius 2 is 1.76 bits per heavy atom. The Hall–Kier alpha value is -1.65. The number of carboxylic acids is 1. The molecule has 2 aliphatic carbocycles. The molecular weight excluding hydrogens is 222 g/mol. The fourth-order valence-corrected chi connectivity index (χ4v) is 3.42. The van der Waals surface area contributed by atoms with Crippen molar-refractivity contribution in [3.05, 3.63) is 12.2 Å². The first-order valence-corrected chi connectivity index (χ1v) is 5.80. The van der Waals surface area contributed by atoms with E-state index in [-0.39, 0.29) is 35.5 Å². The number of aliphatic carboxylic acids is 1. The molecule has 5 heteroatoms. The van der Waals surface area contributed by atoms with Gasteiger partial charge in [-0.05, 0) is 25.2 Å². The fraction of sp³-hybridized carbons (Fsp3) is 0.583. The summed E-state index contributed by atoms with van der Waals surface area (Å²) in [6.07, 6.45) is 4.85. The van der Waals surface area contributed by atoms with Crippen LogP contribution in [0.5, 0.6) is 0 Å². The molecule has 2 bridgehead atoms. The first-order valence-electron chi connectivity index (χ1n) is 5.80. The van der Waals surface area contributed by atoms with E-state index in [0.717, 1.165) is 11.3 Å². The van der Waals surface area contributed by atoms with Crippen molar-refractivity contribution in [3.8, 4) is 0 Å². The van der Waals surface area contributed by atoms with Crippen molar-refractivity contribution in [2.45, 2.75) is 19.4 Å². The van der Waals surface area contributed by atoms with Gasteiger partial charge in [0.1, 0.15) is 6.04 Å². The van der Waals surface area contributed by atoms with Crippen molar-refractivity contribution in [3.63, 3.8) is 0 Å². The first-order chi connectivity index (χ1) is 8.02. The van der Waals surface area contributed by atoms with Gasteiger partial charge in [-0.2, -0.15) is 0 Å². The monoisotopic (exact) mass is 235 g/mol. The Morgan fingerprint density at radius 3 is 2.18 bits per heavy atom. The van der Waals surface area contributed by atoms with E-state index in [1.807, 2.05) is 12.2 Å². The quantitative estimate of drug-likeness (QED) is 0.550. The predicted molar refractivity (Wildman–Crippen MR) is 56.7 cm³/mol. The minimum absolute atomic E-state index is 0.132. The van der Waals surface area contributed by atoms with Gasteiger partial charge in [0.15, 0.2) is 0 Å². The van der Waals surface area contributed by atoms with Crippen molar-refractivity contribution in [2.75, 3.05) is 0 Å². The number of allylic oxidation sites excluding steroid dienone is 2. The lowest BCUT2D eigenvalue weighted by Crippen LogP contribution is -2.44. The van der Waals surface area contributed by atoms with Crippen LogP contribution in [0.25, 0.3) is 0 Å². The van der Waals surface area contributed by atoms with Crippen molar-refractivity contribution < 1.29 is 19.5 Å². The van der Waals surface area contributed by atoms with Crippen molar-refractivity contribution in [2.24, 2.45) is 23.7 Å². The fourth-order valence-electron chi connectivity index (χ4n) is 3.42. The normalized spacial score (nSPS) is 39.9. The van der Waals surface area contributed by atoms with Crippen LogP contribution in [0, 0.1) is 23.7 Å². The lowest BCUT2D eigenvalue weighted by Gasteiger charge is -2.20. The van der Waals surface area contributed by atoms with E-state index < -0.39 is 12.0 Å². The zero-order chi connectivity index (χ0) is 12.3. The van der Waals surface area contributed by atoms with Gasteiger partial charge in [-0.1, -0.05) is 12.2 Å². The molecule has 0 spiro atoms. The summed E-state index contributed by atoms with van der Waals surface area (Å²) in [6.45, 7) is 1.38. The standard InChI is InChI=1S/C12H13NO4/c1-5(12(16)17)13-10(14)8-6-2-3-7(4-6)9(8)11(13)15/h2-3,5-9H,4H2,1H3,(H,16,17)/t5-,6-,7+,8-,9-/m1/s1. The number of nitrogens with zero attached hydrogens (tertiary/aromatic N) is 1. The number of hydrogen-bond acceptors (Lipinski definition) is 3. The number of carbonyl (C=O) groups is 3. The molecule has 1 saturated carbocycles. The molecule has 0 aromatic heterocycles. The summed E-state index contributed by atoms with van der Waals surface area (Å²) >= 11 is 0. The SMILES string of the molecule is C[C@H](C(=O)O)N1C(=O)[C@H]2[C@H](C1=O)[C@H]1C=C[C@@H]2C1. The third kappa shape index (κ3) is 1.16. The molecule has 1 heterocycles. The third-order valence-corrected chi connectivity index (χ3v) is 4.25. The van der Waals surface area contributed by atoms with Crippen molar-refractivity contribution in [1.29, 1.82) is 0 Å². The number of hydrogen-bond donors (Lipinski definition) is 1. The summed E-state index contributed by atoms with van der Waals surface area (Å²) < 4.78 is 0. The number of carboxylic acid groups (broad SMARTS) is 1. The van der Waals surface area contributed by atoms with E-state index in [0.29, 0.717) is 0 Å². The highest BCUT2D eigenvalue weighted by Gasteiger charge is 2.60. The minimum atomic E-state index is -1.13. The van der Waals surface area contributed by atoms with Crippen LogP contribution in [-0.2, 0) is 14.4 Å². The Morgan fingerprint density at radius 1 is 1.29 bits per heavy atom. The van der Waals surface area contributed by atoms with Gasteiger partial charge < -0.3 is 5.11 Å². The highest BCUT2D eigenvalue weighted by molar-refractivity contribution is 6.08. The van der Waals surface area contributed by atoms with Crippen LogP contribution < -0.4 is 0 Å². The second-order valence-electron chi connectivity index (χ2n) is 5.06. The van der Waals surface area contributed by atoms with Crippen molar-refractivity contribution in [1.82, 2.24) is 4.90 Å². The zero-order valence-corrected chi connectivity index (χ0v) is 9.37. The summed E-state index contributed by atoms with van der Waals surface area (Å²) in [6, 6.07) is -1.06. The minimum Gasteiger partial charge on any atom is -0.480 e. The van der Waals surface area contributed by atoms with Crippen LogP contribution in [0.15, 0.2) is 12.2 Å². The molecule has 17 heavy (non-hydrogen) atoms. The van der Waals surface area contributed by atoms with Gasteiger partial charge in [0.25, 0.3) is 0 Å². The maximum absolute atomic E-state index is 12.1. The van der Waals surface area contributed by atoms with E-state index in [2.05, 4.69) is 0 Å². The molecule has 0 aromatic rings. The van der Waals surface area contributed by atoms with Crippen molar-refractivity contribution >= 4 is 17.8 Å². The molecule has 3 rings (SSSR count). The molecule has 5 atom stereocenters. The predicted octanol–water partition coefficient (Wildman–Crippen LogP) is 0.267. The molecular formula is C12H13NO4. The second kappa shape index (κ2) is 3.18. The third-order valence-electron chi connectivity index (χ3n) is 4.25. The topological polar surface area (TPSA) is 74.7 Å². The van der Waals surface area contributed by atoms with Crippen LogP contribution in [-0.4, -0.2) is 33.8 Å². The van der Waals surface area contributed by atoms with E-state index in [9.17, 15) is 14.4 Å². The number of rotatable bonds is 2. The molecule has 5 nitrogen and oxygen atoms in total. The van der Waals surface area contributed by atoms with Crippen LogP contribution >= 0.6 is 0 Å². The second-order valence-corrected chi connectivity index (χ2v) is 5.06. The van der Waals surface area contributed by atoms with E-state index in [4.69, 9.17) is 5.11 Å². The molecule has 0 aromatic carbocycles. The lowest BCUT2D eigenvalue weighted by molar-refractivity contribution is -0.154. The van der Waals surface area contributed by atoms with Gasteiger partial charge in [0, 0.05) is 0 Å². The summed E-state index contributed by atoms with van der Waals surface area (Å²) in [5.74, 6) is -2.08. The number of likely N-dealkylation sites (tertiary alicyclic amines) is 1. The molecule has 1 aliphatic heterocycles. The Balaban J connectivity index is 1.95. The molecule has 1 saturated heterocycles. The molecule has 90 valence electrons. The first kappa shape index (κ1) is 10.5. The van der Waals surface area contributed by atoms with E-state index in [1.165, 1.54) is 6.92 Å². The van der Waals surface area contributed by atoms with Crippen LogP contribution in [0.2, 0.25) is 0 Å². The molecule has 1 N–H and O–H groups in total. The summed E-state index contributed by atoms with van der Waals surface area (Å²) in [5.41, 5.74) is 0. The summed E-state index contributed by atoms with van der Waals surface area (Å²) in [4.78, 5) is 36.1.